The molecular formula is C17H20N4. The fraction of sp³-hybridized carbons (Fsp3) is 0.412. The normalized spacial score (nSPS) is 16.7. The average molecular weight is 280 g/mol. The third-order valence-electron chi connectivity index (χ3n) is 4.61. The van der Waals surface area contributed by atoms with Gasteiger partial charge in [0.15, 0.2) is 0 Å². The predicted octanol–water partition coefficient (Wildman–Crippen LogP) is 1.99. The maximum Gasteiger partial charge on any atom is 0.226 e. The molecule has 4 rings (SSSR count). The first-order valence-electron chi connectivity index (χ1n) is 7.75. The van der Waals surface area contributed by atoms with E-state index in [9.17, 15) is 0 Å². The summed E-state index contributed by atoms with van der Waals surface area (Å²) in [4.78, 5) is 11.9. The fourth-order valence-corrected chi connectivity index (χ4v) is 3.47. The Morgan fingerprint density at radius 1 is 1.05 bits per heavy atom. The minimum atomic E-state index is 0.516. The van der Waals surface area contributed by atoms with Crippen molar-refractivity contribution in [3.63, 3.8) is 0 Å². The summed E-state index contributed by atoms with van der Waals surface area (Å²) in [7, 11) is 0. The number of anilines is 1. The van der Waals surface area contributed by atoms with Crippen LogP contribution in [0.4, 0.5) is 5.95 Å². The molecule has 0 unspecified atom stereocenters. The highest BCUT2D eigenvalue weighted by Gasteiger charge is 2.23. The lowest BCUT2D eigenvalue weighted by atomic mass is 10.0. The van der Waals surface area contributed by atoms with Crippen molar-refractivity contribution in [1.29, 1.82) is 0 Å². The van der Waals surface area contributed by atoms with E-state index in [4.69, 9.17) is 15.7 Å². The van der Waals surface area contributed by atoms with Crippen LogP contribution in [-0.2, 0) is 32.4 Å². The van der Waals surface area contributed by atoms with Gasteiger partial charge in [0.25, 0.3) is 0 Å². The summed E-state index contributed by atoms with van der Waals surface area (Å²) in [5.74, 6) is 0.866. The van der Waals surface area contributed by atoms with Crippen LogP contribution in [-0.4, -0.2) is 16.5 Å². The van der Waals surface area contributed by atoms with Crippen molar-refractivity contribution in [2.45, 2.75) is 38.8 Å². The lowest BCUT2D eigenvalue weighted by Gasteiger charge is -2.29. The minimum absolute atomic E-state index is 0.516. The quantitative estimate of drug-likeness (QED) is 0.914. The highest BCUT2D eigenvalue weighted by atomic mass is 15.3. The van der Waals surface area contributed by atoms with E-state index >= 15 is 0 Å². The SMILES string of the molecule is NCc1nc(N2CCc3ccccc3C2)nc2c1CCC2. The second-order valence-corrected chi connectivity index (χ2v) is 5.89. The predicted molar refractivity (Wildman–Crippen MR) is 83.1 cm³/mol. The zero-order valence-corrected chi connectivity index (χ0v) is 12.2. The molecule has 2 heterocycles. The molecule has 0 radical (unpaired) electrons. The molecule has 21 heavy (non-hydrogen) atoms. The molecule has 2 aliphatic rings. The van der Waals surface area contributed by atoms with Crippen LogP contribution in [0.25, 0.3) is 0 Å². The van der Waals surface area contributed by atoms with Gasteiger partial charge in [0.1, 0.15) is 0 Å². The van der Waals surface area contributed by atoms with Crippen LogP contribution >= 0.6 is 0 Å². The standard InChI is InChI=1S/C17H20N4/c18-10-16-14-6-3-7-15(14)19-17(20-16)21-9-8-12-4-1-2-5-13(12)11-21/h1-2,4-5H,3,6-11,18H2. The van der Waals surface area contributed by atoms with E-state index in [0.717, 1.165) is 44.0 Å². The summed E-state index contributed by atoms with van der Waals surface area (Å²) in [5.41, 5.74) is 12.3. The molecule has 0 spiro atoms. The summed E-state index contributed by atoms with van der Waals surface area (Å²) in [6, 6.07) is 8.66. The van der Waals surface area contributed by atoms with E-state index in [2.05, 4.69) is 29.2 Å². The Morgan fingerprint density at radius 2 is 1.90 bits per heavy atom. The molecule has 0 amide bonds. The van der Waals surface area contributed by atoms with Crippen molar-refractivity contribution in [1.82, 2.24) is 9.97 Å². The lowest BCUT2D eigenvalue weighted by Crippen LogP contribution is -2.32. The number of fused-ring (bicyclic) bond motifs is 2. The molecule has 0 bridgehead atoms. The van der Waals surface area contributed by atoms with Crippen molar-refractivity contribution in [3.8, 4) is 0 Å². The molecule has 1 aliphatic heterocycles. The Kier molecular flexibility index (Phi) is 3.11. The van der Waals surface area contributed by atoms with Gasteiger partial charge in [-0.3, -0.25) is 0 Å². The van der Waals surface area contributed by atoms with Gasteiger partial charge >= 0.3 is 0 Å². The second kappa shape index (κ2) is 5.11. The Hall–Kier alpha value is -1.94. The van der Waals surface area contributed by atoms with Crippen molar-refractivity contribution < 1.29 is 0 Å². The van der Waals surface area contributed by atoms with Crippen molar-refractivity contribution >= 4 is 5.95 Å². The van der Waals surface area contributed by atoms with Crippen molar-refractivity contribution in [2.75, 3.05) is 11.4 Å². The molecule has 108 valence electrons. The summed E-state index contributed by atoms with van der Waals surface area (Å²) >= 11 is 0. The summed E-state index contributed by atoms with van der Waals surface area (Å²) in [5, 5.41) is 0. The van der Waals surface area contributed by atoms with Crippen molar-refractivity contribution in [2.24, 2.45) is 5.73 Å². The molecule has 1 aliphatic carbocycles. The number of nitrogens with zero attached hydrogens (tertiary/aromatic N) is 3. The molecule has 4 heteroatoms. The number of nitrogens with two attached hydrogens (primary N) is 1. The van der Waals surface area contributed by atoms with Crippen LogP contribution in [0.3, 0.4) is 0 Å². The molecule has 1 aromatic carbocycles. The highest BCUT2D eigenvalue weighted by Crippen LogP contribution is 2.27. The summed E-state index contributed by atoms with van der Waals surface area (Å²) in [6.45, 7) is 2.40. The number of aromatic nitrogens is 2. The lowest BCUT2D eigenvalue weighted by molar-refractivity contribution is 0.699. The van der Waals surface area contributed by atoms with Gasteiger partial charge in [0.2, 0.25) is 5.95 Å². The third kappa shape index (κ3) is 2.20. The number of aryl methyl sites for hydroxylation is 1. The van der Waals surface area contributed by atoms with Gasteiger partial charge in [0, 0.05) is 25.3 Å². The van der Waals surface area contributed by atoms with E-state index in [1.807, 2.05) is 0 Å². The molecule has 2 N–H and O–H groups in total. The monoisotopic (exact) mass is 280 g/mol. The zero-order valence-electron chi connectivity index (χ0n) is 12.2. The Labute approximate surface area is 125 Å². The largest absolute Gasteiger partial charge is 0.336 e. The highest BCUT2D eigenvalue weighted by molar-refractivity contribution is 5.43. The molecule has 0 saturated carbocycles. The minimum Gasteiger partial charge on any atom is -0.336 e. The van der Waals surface area contributed by atoms with Gasteiger partial charge < -0.3 is 10.6 Å². The van der Waals surface area contributed by atoms with Gasteiger partial charge in [-0.15, -0.1) is 0 Å². The molecular weight excluding hydrogens is 260 g/mol. The smallest absolute Gasteiger partial charge is 0.226 e. The molecule has 2 aromatic rings. The van der Waals surface area contributed by atoms with Crippen LogP contribution in [0.2, 0.25) is 0 Å². The second-order valence-electron chi connectivity index (χ2n) is 5.89. The van der Waals surface area contributed by atoms with E-state index in [1.165, 1.54) is 28.8 Å². The van der Waals surface area contributed by atoms with Gasteiger partial charge in [0.05, 0.1) is 5.69 Å². The topological polar surface area (TPSA) is 55.0 Å². The Bertz CT molecular complexity index is 680. The van der Waals surface area contributed by atoms with E-state index in [-0.39, 0.29) is 0 Å². The maximum atomic E-state index is 5.89. The Balaban J connectivity index is 1.69. The molecule has 1 aromatic heterocycles. The number of hydrogen-bond donors (Lipinski definition) is 1. The average Bonchev–Trinajstić information content (AvgIpc) is 3.02. The third-order valence-corrected chi connectivity index (χ3v) is 4.61. The molecule has 0 fully saturated rings. The van der Waals surface area contributed by atoms with Crippen LogP contribution in [0, 0.1) is 0 Å². The van der Waals surface area contributed by atoms with Gasteiger partial charge in [-0.1, -0.05) is 24.3 Å². The fourth-order valence-electron chi connectivity index (χ4n) is 3.47. The van der Waals surface area contributed by atoms with Crippen LogP contribution in [0.1, 0.15) is 34.5 Å². The van der Waals surface area contributed by atoms with E-state index in [1.54, 1.807) is 0 Å². The molecule has 0 saturated heterocycles. The van der Waals surface area contributed by atoms with Crippen molar-refractivity contribution in [3.05, 3.63) is 52.3 Å². The summed E-state index contributed by atoms with van der Waals surface area (Å²) in [6.07, 6.45) is 4.41. The van der Waals surface area contributed by atoms with Gasteiger partial charge in [-0.2, -0.15) is 0 Å². The number of benzene rings is 1. The van der Waals surface area contributed by atoms with Crippen LogP contribution in [0.15, 0.2) is 24.3 Å². The number of hydrogen-bond acceptors (Lipinski definition) is 4. The maximum absolute atomic E-state index is 5.89. The van der Waals surface area contributed by atoms with E-state index < -0.39 is 0 Å². The molecule has 0 atom stereocenters. The first-order chi connectivity index (χ1) is 10.3. The summed E-state index contributed by atoms with van der Waals surface area (Å²) < 4.78 is 0. The Morgan fingerprint density at radius 3 is 2.76 bits per heavy atom. The molecule has 4 nitrogen and oxygen atoms in total. The first-order valence-corrected chi connectivity index (χ1v) is 7.75. The first kappa shape index (κ1) is 12.8. The van der Waals surface area contributed by atoms with Crippen LogP contribution in [0.5, 0.6) is 0 Å². The zero-order chi connectivity index (χ0) is 14.2. The van der Waals surface area contributed by atoms with Gasteiger partial charge in [-0.25, -0.2) is 9.97 Å². The number of rotatable bonds is 2. The van der Waals surface area contributed by atoms with Gasteiger partial charge in [-0.05, 0) is 42.4 Å². The van der Waals surface area contributed by atoms with E-state index in [0.29, 0.717) is 6.54 Å². The van der Waals surface area contributed by atoms with Crippen LogP contribution < -0.4 is 10.6 Å².